The highest BCUT2D eigenvalue weighted by Gasteiger charge is 2.26. The maximum absolute atomic E-state index is 13.2. The van der Waals surface area contributed by atoms with E-state index in [1.165, 1.54) is 12.1 Å². The number of benzene rings is 2. The van der Waals surface area contributed by atoms with Gasteiger partial charge in [0, 0.05) is 49.4 Å². The van der Waals surface area contributed by atoms with Gasteiger partial charge in [0.15, 0.2) is 0 Å². The Balaban J connectivity index is 1.25. The van der Waals surface area contributed by atoms with Crippen LogP contribution in [0.5, 0.6) is 11.5 Å². The minimum absolute atomic E-state index is 0.102. The molecule has 0 aliphatic carbocycles. The smallest absolute Gasteiger partial charge is 0.208 e. The molecule has 0 radical (unpaired) electrons. The first-order valence-electron chi connectivity index (χ1n) is 12.7. The summed E-state index contributed by atoms with van der Waals surface area (Å²) in [6.07, 6.45) is 3.83. The number of anilines is 2. The van der Waals surface area contributed by atoms with Gasteiger partial charge in [-0.25, -0.2) is 9.37 Å². The number of pyridine rings is 1. The standard InChI is InChI=1S/C29H32FN5O2/c1-19(2)35-14-11-20(12-15-35)28(36)17-23-16-25(10-13-31-23)37-24-8-9-27-26(18-24)33-29(34(27)3)32-22-6-4-21(30)5-7-22/h4-10,13,16,18-20H,11-12,14-15,17H2,1-3H3,(H,32,33). The average molecular weight is 502 g/mol. The maximum Gasteiger partial charge on any atom is 0.208 e. The Bertz CT molecular complexity index is 1390. The number of Topliss-reactive ketones (excluding diaryl/α,β-unsaturated/α-hetero) is 1. The highest BCUT2D eigenvalue weighted by molar-refractivity contribution is 5.83. The first-order chi connectivity index (χ1) is 17.9. The van der Waals surface area contributed by atoms with E-state index in [0.29, 0.717) is 29.9 Å². The van der Waals surface area contributed by atoms with E-state index in [1.807, 2.05) is 35.9 Å². The number of rotatable bonds is 8. The van der Waals surface area contributed by atoms with Gasteiger partial charge in [0.2, 0.25) is 5.95 Å². The van der Waals surface area contributed by atoms with Gasteiger partial charge in [-0.2, -0.15) is 0 Å². The van der Waals surface area contributed by atoms with E-state index in [4.69, 9.17) is 4.74 Å². The molecule has 3 heterocycles. The van der Waals surface area contributed by atoms with Crippen molar-refractivity contribution in [3.8, 4) is 11.5 Å². The van der Waals surface area contributed by atoms with Crippen LogP contribution in [0, 0.1) is 11.7 Å². The van der Waals surface area contributed by atoms with Crippen molar-refractivity contribution in [2.45, 2.75) is 39.2 Å². The number of aryl methyl sites for hydroxylation is 1. The van der Waals surface area contributed by atoms with Crippen LogP contribution >= 0.6 is 0 Å². The van der Waals surface area contributed by atoms with Gasteiger partial charge >= 0.3 is 0 Å². The number of likely N-dealkylation sites (tertiary alicyclic amines) is 1. The largest absolute Gasteiger partial charge is 0.457 e. The topological polar surface area (TPSA) is 72.3 Å². The zero-order valence-corrected chi connectivity index (χ0v) is 21.4. The number of carbonyl (C=O) groups is 1. The number of ketones is 1. The zero-order valence-electron chi connectivity index (χ0n) is 21.4. The van der Waals surface area contributed by atoms with Crippen LogP contribution in [0.15, 0.2) is 60.8 Å². The Morgan fingerprint density at radius 1 is 1.08 bits per heavy atom. The summed E-state index contributed by atoms with van der Waals surface area (Å²) in [5.74, 6) is 1.99. The SMILES string of the molecule is CC(C)N1CCC(C(=O)Cc2cc(Oc3ccc4c(c3)nc(Nc3ccc(F)cc3)n4C)ccn2)CC1. The van der Waals surface area contributed by atoms with Gasteiger partial charge < -0.3 is 19.5 Å². The van der Waals surface area contributed by atoms with Crippen LogP contribution in [0.4, 0.5) is 16.0 Å². The van der Waals surface area contributed by atoms with E-state index >= 15 is 0 Å². The van der Waals surface area contributed by atoms with Crippen molar-refractivity contribution in [3.05, 3.63) is 72.3 Å². The first kappa shape index (κ1) is 24.9. The van der Waals surface area contributed by atoms with Crippen LogP contribution in [0.25, 0.3) is 11.0 Å². The molecular weight excluding hydrogens is 469 g/mol. The first-order valence-corrected chi connectivity index (χ1v) is 12.7. The second-order valence-corrected chi connectivity index (χ2v) is 9.91. The zero-order chi connectivity index (χ0) is 25.9. The van der Waals surface area contributed by atoms with Gasteiger partial charge in [0.05, 0.1) is 16.7 Å². The number of piperidine rings is 1. The predicted molar refractivity (Wildman–Crippen MR) is 143 cm³/mol. The molecule has 0 amide bonds. The molecule has 5 rings (SSSR count). The number of imidazole rings is 1. The third-order valence-electron chi connectivity index (χ3n) is 7.05. The molecule has 1 aliphatic rings. The van der Waals surface area contributed by atoms with Gasteiger partial charge in [-0.3, -0.25) is 9.78 Å². The summed E-state index contributed by atoms with van der Waals surface area (Å²) < 4.78 is 21.3. The minimum atomic E-state index is -0.284. The molecule has 0 bridgehead atoms. The van der Waals surface area contributed by atoms with Crippen molar-refractivity contribution >= 4 is 28.5 Å². The van der Waals surface area contributed by atoms with Crippen molar-refractivity contribution in [1.82, 2.24) is 19.4 Å². The number of nitrogens with zero attached hydrogens (tertiary/aromatic N) is 4. The number of nitrogens with one attached hydrogen (secondary N) is 1. The molecule has 8 heteroatoms. The number of hydrogen-bond acceptors (Lipinski definition) is 6. The molecule has 1 saturated heterocycles. The quantitative estimate of drug-likeness (QED) is 0.325. The van der Waals surface area contributed by atoms with Crippen LogP contribution in [0.2, 0.25) is 0 Å². The third kappa shape index (κ3) is 5.80. The lowest BCUT2D eigenvalue weighted by atomic mass is 9.90. The van der Waals surface area contributed by atoms with Crippen LogP contribution in [0.3, 0.4) is 0 Å². The van der Waals surface area contributed by atoms with Gasteiger partial charge in [0.25, 0.3) is 0 Å². The second-order valence-electron chi connectivity index (χ2n) is 9.91. The number of fused-ring (bicyclic) bond motifs is 1. The summed E-state index contributed by atoms with van der Waals surface area (Å²) in [6, 6.07) is 16.0. The minimum Gasteiger partial charge on any atom is -0.457 e. The molecule has 192 valence electrons. The van der Waals surface area contributed by atoms with Gasteiger partial charge in [-0.1, -0.05) is 0 Å². The number of carbonyl (C=O) groups excluding carboxylic acids is 1. The molecular formula is C29H32FN5O2. The molecule has 2 aromatic heterocycles. The van der Waals surface area contributed by atoms with Crippen LogP contribution in [0.1, 0.15) is 32.4 Å². The Morgan fingerprint density at radius 3 is 2.54 bits per heavy atom. The summed E-state index contributed by atoms with van der Waals surface area (Å²) in [5.41, 5.74) is 3.17. The fourth-order valence-corrected chi connectivity index (χ4v) is 4.83. The lowest BCUT2D eigenvalue weighted by Gasteiger charge is -2.33. The number of hydrogen-bond donors (Lipinski definition) is 1. The molecule has 1 fully saturated rings. The summed E-state index contributed by atoms with van der Waals surface area (Å²) in [6.45, 7) is 6.35. The van der Waals surface area contributed by atoms with Crippen molar-refractivity contribution in [3.63, 3.8) is 0 Å². The summed E-state index contributed by atoms with van der Waals surface area (Å²) in [4.78, 5) is 24.4. The number of aromatic nitrogens is 3. The Morgan fingerprint density at radius 2 is 1.81 bits per heavy atom. The second kappa shape index (κ2) is 10.7. The van der Waals surface area contributed by atoms with E-state index in [2.05, 4.69) is 34.0 Å². The summed E-state index contributed by atoms with van der Waals surface area (Å²) in [7, 11) is 1.92. The van der Waals surface area contributed by atoms with Crippen LogP contribution in [-0.4, -0.2) is 44.3 Å². The lowest BCUT2D eigenvalue weighted by molar-refractivity contribution is -0.123. The van der Waals surface area contributed by atoms with Gasteiger partial charge in [-0.15, -0.1) is 0 Å². The molecule has 0 spiro atoms. The van der Waals surface area contributed by atoms with E-state index in [-0.39, 0.29) is 17.5 Å². The third-order valence-corrected chi connectivity index (χ3v) is 7.05. The average Bonchev–Trinajstić information content (AvgIpc) is 3.19. The molecule has 0 unspecified atom stereocenters. The molecule has 4 aromatic rings. The molecule has 2 aromatic carbocycles. The van der Waals surface area contributed by atoms with E-state index in [9.17, 15) is 9.18 Å². The number of ether oxygens (including phenoxy) is 1. The van der Waals surface area contributed by atoms with Crippen molar-refractivity contribution < 1.29 is 13.9 Å². The monoisotopic (exact) mass is 501 g/mol. The normalized spacial score (nSPS) is 14.8. The Kier molecular flexibility index (Phi) is 7.19. The Hall–Kier alpha value is -3.78. The fraction of sp³-hybridized carbons (Fsp3) is 0.345. The van der Waals surface area contributed by atoms with E-state index in [0.717, 1.165) is 48.3 Å². The van der Waals surface area contributed by atoms with Gasteiger partial charge in [-0.05, 0) is 82.2 Å². The summed E-state index contributed by atoms with van der Waals surface area (Å²) >= 11 is 0. The van der Waals surface area contributed by atoms with E-state index < -0.39 is 0 Å². The summed E-state index contributed by atoms with van der Waals surface area (Å²) in [5, 5.41) is 3.22. The van der Waals surface area contributed by atoms with Crippen molar-refractivity contribution in [1.29, 1.82) is 0 Å². The van der Waals surface area contributed by atoms with Crippen molar-refractivity contribution in [2.75, 3.05) is 18.4 Å². The molecule has 0 atom stereocenters. The predicted octanol–water partition coefficient (Wildman–Crippen LogP) is 5.88. The molecule has 0 saturated carbocycles. The lowest BCUT2D eigenvalue weighted by Crippen LogP contribution is -2.40. The molecule has 1 N–H and O–H groups in total. The van der Waals surface area contributed by atoms with Crippen LogP contribution in [-0.2, 0) is 18.3 Å². The van der Waals surface area contributed by atoms with Crippen molar-refractivity contribution in [2.24, 2.45) is 13.0 Å². The molecule has 7 nitrogen and oxygen atoms in total. The molecule has 37 heavy (non-hydrogen) atoms. The number of halogens is 1. The van der Waals surface area contributed by atoms with E-state index in [1.54, 1.807) is 24.4 Å². The van der Waals surface area contributed by atoms with Gasteiger partial charge in [0.1, 0.15) is 23.1 Å². The fourth-order valence-electron chi connectivity index (χ4n) is 4.83. The molecule has 1 aliphatic heterocycles. The highest BCUT2D eigenvalue weighted by Crippen LogP contribution is 2.29. The Labute approximate surface area is 216 Å². The maximum atomic E-state index is 13.2. The highest BCUT2D eigenvalue weighted by atomic mass is 19.1. The van der Waals surface area contributed by atoms with Crippen LogP contribution < -0.4 is 10.1 Å².